The minimum absolute atomic E-state index is 0.124. The third kappa shape index (κ3) is 4.60. The van der Waals surface area contributed by atoms with E-state index in [0.29, 0.717) is 30.4 Å². The van der Waals surface area contributed by atoms with Crippen molar-refractivity contribution in [3.63, 3.8) is 0 Å². The maximum Gasteiger partial charge on any atom is 0.251 e. The van der Waals surface area contributed by atoms with Crippen LogP contribution in [0, 0.1) is 19.8 Å². The predicted molar refractivity (Wildman–Crippen MR) is 111 cm³/mol. The fourth-order valence-electron chi connectivity index (χ4n) is 3.01. The van der Waals surface area contributed by atoms with Gasteiger partial charge in [0.05, 0.1) is 18.0 Å². The molecule has 0 radical (unpaired) electrons. The minimum Gasteiger partial charge on any atom is -0.493 e. The number of amides is 1. The highest BCUT2D eigenvalue weighted by molar-refractivity contribution is 5.94. The van der Waals surface area contributed by atoms with Crippen LogP contribution in [0.4, 0.5) is 0 Å². The van der Waals surface area contributed by atoms with E-state index in [1.807, 2.05) is 61.0 Å². The first-order valence-corrected chi connectivity index (χ1v) is 9.57. The van der Waals surface area contributed by atoms with Gasteiger partial charge in [0.2, 0.25) is 0 Å². The Morgan fingerprint density at radius 1 is 1.11 bits per heavy atom. The van der Waals surface area contributed by atoms with Gasteiger partial charge >= 0.3 is 0 Å². The Kier molecular flexibility index (Phi) is 6.14. The summed E-state index contributed by atoms with van der Waals surface area (Å²) in [7, 11) is 0. The van der Waals surface area contributed by atoms with E-state index in [0.717, 1.165) is 22.6 Å². The van der Waals surface area contributed by atoms with E-state index >= 15 is 0 Å². The summed E-state index contributed by atoms with van der Waals surface area (Å²) >= 11 is 0. The minimum atomic E-state index is -0.124. The molecule has 0 aliphatic rings. The number of ether oxygens (including phenoxy) is 1. The van der Waals surface area contributed by atoms with Crippen molar-refractivity contribution in [2.24, 2.45) is 5.92 Å². The van der Waals surface area contributed by atoms with E-state index in [-0.39, 0.29) is 5.91 Å². The first kappa shape index (κ1) is 19.7. The van der Waals surface area contributed by atoms with E-state index in [1.54, 1.807) is 12.1 Å². The van der Waals surface area contributed by atoms with Gasteiger partial charge in [-0.05, 0) is 50.1 Å². The lowest BCUT2D eigenvalue weighted by Gasteiger charge is -2.10. The third-order valence-electron chi connectivity index (χ3n) is 4.55. The maximum absolute atomic E-state index is 12.6. The maximum atomic E-state index is 12.6. The fourth-order valence-corrected chi connectivity index (χ4v) is 3.01. The summed E-state index contributed by atoms with van der Waals surface area (Å²) in [5.74, 6) is 1.02. The van der Waals surface area contributed by atoms with Gasteiger partial charge in [-0.1, -0.05) is 38.1 Å². The van der Waals surface area contributed by atoms with E-state index in [1.165, 1.54) is 0 Å². The smallest absolute Gasteiger partial charge is 0.251 e. The second-order valence-electron chi connectivity index (χ2n) is 7.31. The quantitative estimate of drug-likeness (QED) is 0.662. The number of hydrogen-bond donors (Lipinski definition) is 1. The summed E-state index contributed by atoms with van der Waals surface area (Å²) in [5, 5.41) is 7.64. The van der Waals surface area contributed by atoms with Crippen molar-refractivity contribution >= 4 is 5.91 Å². The van der Waals surface area contributed by atoms with Gasteiger partial charge in [0.15, 0.2) is 0 Å². The molecule has 0 aliphatic carbocycles. The number of benzene rings is 2. The molecule has 2 aromatic carbocycles. The Hall–Kier alpha value is -3.08. The van der Waals surface area contributed by atoms with Crippen LogP contribution in [0.25, 0.3) is 5.69 Å². The van der Waals surface area contributed by atoms with E-state index < -0.39 is 0 Å². The standard InChI is InChI=1S/C23H27N3O2/c1-16(2)15-28-21-12-8-9-19(13-21)23(27)24-14-22-17(3)25-26(18(22)4)20-10-6-5-7-11-20/h5-13,16H,14-15H2,1-4H3,(H,24,27). The van der Waals surface area contributed by atoms with Crippen molar-refractivity contribution in [3.8, 4) is 11.4 Å². The van der Waals surface area contributed by atoms with Gasteiger partial charge in [-0.3, -0.25) is 4.79 Å². The Morgan fingerprint density at radius 3 is 2.57 bits per heavy atom. The molecule has 0 fully saturated rings. The zero-order valence-corrected chi connectivity index (χ0v) is 16.9. The van der Waals surface area contributed by atoms with Crippen molar-refractivity contribution in [2.75, 3.05) is 6.61 Å². The fraction of sp³-hybridized carbons (Fsp3) is 0.304. The molecular weight excluding hydrogens is 350 g/mol. The Bertz CT molecular complexity index is 946. The zero-order valence-electron chi connectivity index (χ0n) is 16.9. The normalized spacial score (nSPS) is 10.9. The molecule has 1 amide bonds. The van der Waals surface area contributed by atoms with Crippen LogP contribution >= 0.6 is 0 Å². The largest absolute Gasteiger partial charge is 0.493 e. The number of aryl methyl sites for hydroxylation is 1. The molecule has 0 saturated carbocycles. The molecule has 3 aromatic rings. The van der Waals surface area contributed by atoms with Crippen molar-refractivity contribution in [1.29, 1.82) is 0 Å². The zero-order chi connectivity index (χ0) is 20.1. The van der Waals surface area contributed by atoms with Crippen LogP contribution in [0.2, 0.25) is 0 Å². The van der Waals surface area contributed by atoms with Gasteiger partial charge in [0.25, 0.3) is 5.91 Å². The molecule has 0 atom stereocenters. The molecular formula is C23H27N3O2. The lowest BCUT2D eigenvalue weighted by atomic mass is 10.1. The molecule has 0 aliphatic heterocycles. The van der Waals surface area contributed by atoms with Gasteiger partial charge in [0, 0.05) is 23.4 Å². The average molecular weight is 377 g/mol. The van der Waals surface area contributed by atoms with Gasteiger partial charge < -0.3 is 10.1 Å². The summed E-state index contributed by atoms with van der Waals surface area (Å²) in [4.78, 5) is 12.6. The second-order valence-corrected chi connectivity index (χ2v) is 7.31. The van der Waals surface area contributed by atoms with Crippen LogP contribution in [0.15, 0.2) is 54.6 Å². The number of nitrogens with zero attached hydrogens (tertiary/aromatic N) is 2. The first-order valence-electron chi connectivity index (χ1n) is 9.57. The van der Waals surface area contributed by atoms with Crippen LogP contribution in [0.3, 0.4) is 0 Å². The summed E-state index contributed by atoms with van der Waals surface area (Å²) < 4.78 is 7.63. The highest BCUT2D eigenvalue weighted by atomic mass is 16.5. The number of aromatic nitrogens is 2. The summed E-state index contributed by atoms with van der Waals surface area (Å²) in [6, 6.07) is 17.3. The van der Waals surface area contributed by atoms with Crippen molar-refractivity contribution < 1.29 is 9.53 Å². The lowest BCUT2D eigenvalue weighted by molar-refractivity contribution is 0.0950. The first-order chi connectivity index (χ1) is 13.5. The number of para-hydroxylation sites is 1. The molecule has 5 nitrogen and oxygen atoms in total. The highest BCUT2D eigenvalue weighted by Crippen LogP contribution is 2.18. The molecule has 0 bridgehead atoms. The van der Waals surface area contributed by atoms with Gasteiger partial charge in [-0.2, -0.15) is 5.10 Å². The van der Waals surface area contributed by atoms with Gasteiger partial charge in [-0.25, -0.2) is 4.68 Å². The molecule has 28 heavy (non-hydrogen) atoms. The molecule has 0 spiro atoms. The SMILES string of the molecule is Cc1nn(-c2ccccc2)c(C)c1CNC(=O)c1cccc(OCC(C)C)c1. The van der Waals surface area contributed by atoms with Crippen LogP contribution in [0.1, 0.15) is 41.2 Å². The lowest BCUT2D eigenvalue weighted by Crippen LogP contribution is -2.23. The Balaban J connectivity index is 1.70. The highest BCUT2D eigenvalue weighted by Gasteiger charge is 2.14. The molecule has 1 aromatic heterocycles. The number of nitrogens with one attached hydrogen (secondary N) is 1. The molecule has 3 rings (SSSR count). The molecule has 1 heterocycles. The van der Waals surface area contributed by atoms with E-state index in [2.05, 4.69) is 24.3 Å². The number of carbonyl (C=O) groups excluding carboxylic acids is 1. The number of carbonyl (C=O) groups is 1. The molecule has 0 unspecified atom stereocenters. The molecule has 146 valence electrons. The van der Waals surface area contributed by atoms with Gasteiger partial charge in [0.1, 0.15) is 5.75 Å². The van der Waals surface area contributed by atoms with Crippen molar-refractivity contribution in [3.05, 3.63) is 77.1 Å². The third-order valence-corrected chi connectivity index (χ3v) is 4.55. The number of rotatable bonds is 7. The van der Waals surface area contributed by atoms with Crippen LogP contribution in [0.5, 0.6) is 5.75 Å². The molecule has 1 N–H and O–H groups in total. The van der Waals surface area contributed by atoms with Crippen molar-refractivity contribution in [1.82, 2.24) is 15.1 Å². The molecule has 0 saturated heterocycles. The predicted octanol–water partition coefficient (Wildman–Crippen LogP) is 4.45. The van der Waals surface area contributed by atoms with E-state index in [4.69, 9.17) is 4.74 Å². The average Bonchev–Trinajstić information content (AvgIpc) is 2.99. The van der Waals surface area contributed by atoms with Gasteiger partial charge in [-0.15, -0.1) is 0 Å². The van der Waals surface area contributed by atoms with Crippen LogP contribution in [-0.4, -0.2) is 22.3 Å². The monoisotopic (exact) mass is 377 g/mol. The molecule has 5 heteroatoms. The summed E-state index contributed by atoms with van der Waals surface area (Å²) in [5.41, 5.74) is 4.57. The summed E-state index contributed by atoms with van der Waals surface area (Å²) in [6.07, 6.45) is 0. The number of hydrogen-bond acceptors (Lipinski definition) is 3. The Labute approximate surface area is 166 Å². The topological polar surface area (TPSA) is 56.2 Å². The second kappa shape index (κ2) is 8.74. The van der Waals surface area contributed by atoms with Crippen molar-refractivity contribution in [2.45, 2.75) is 34.2 Å². The van der Waals surface area contributed by atoms with Crippen LogP contribution < -0.4 is 10.1 Å². The Morgan fingerprint density at radius 2 is 1.86 bits per heavy atom. The van der Waals surface area contributed by atoms with E-state index in [9.17, 15) is 4.79 Å². The summed E-state index contributed by atoms with van der Waals surface area (Å²) in [6.45, 7) is 9.24. The van der Waals surface area contributed by atoms with Crippen LogP contribution in [-0.2, 0) is 6.54 Å².